The second-order valence-electron chi connectivity index (χ2n) is 4.77. The Kier molecular flexibility index (Phi) is 6.68. The van der Waals surface area contributed by atoms with Gasteiger partial charge in [0.2, 0.25) is 0 Å². The number of nitrogens with zero attached hydrogens (tertiary/aromatic N) is 2. The fraction of sp³-hybridized carbons (Fsp3) is 0.571. The molecule has 0 aliphatic heterocycles. The maximum atomic E-state index is 5.68. The molecule has 3 nitrogen and oxygen atoms in total. The molecule has 0 aromatic heterocycles. The monoisotopic (exact) mass is 313 g/mol. The van der Waals surface area contributed by atoms with Crippen molar-refractivity contribution in [2.24, 2.45) is 5.73 Å². The normalized spacial score (nSPS) is 11.0. The van der Waals surface area contributed by atoms with Crippen LogP contribution in [0.5, 0.6) is 0 Å². The van der Waals surface area contributed by atoms with E-state index < -0.39 is 0 Å². The van der Waals surface area contributed by atoms with Crippen LogP contribution in [0.15, 0.2) is 22.7 Å². The molecule has 0 fully saturated rings. The van der Waals surface area contributed by atoms with Gasteiger partial charge in [0.25, 0.3) is 0 Å². The number of rotatable bonds is 7. The fourth-order valence-electron chi connectivity index (χ4n) is 1.86. The summed E-state index contributed by atoms with van der Waals surface area (Å²) in [6, 6.07) is 6.45. The zero-order chi connectivity index (χ0) is 13.5. The van der Waals surface area contributed by atoms with Crippen molar-refractivity contribution in [3.8, 4) is 0 Å². The molecule has 102 valence electrons. The van der Waals surface area contributed by atoms with Crippen molar-refractivity contribution in [3.05, 3.63) is 28.2 Å². The van der Waals surface area contributed by atoms with E-state index in [-0.39, 0.29) is 0 Å². The molecular weight excluding hydrogens is 290 g/mol. The van der Waals surface area contributed by atoms with Gasteiger partial charge in [0.15, 0.2) is 0 Å². The molecule has 2 N–H and O–H groups in total. The molecule has 0 spiro atoms. The van der Waals surface area contributed by atoms with Gasteiger partial charge in [0.05, 0.1) is 0 Å². The van der Waals surface area contributed by atoms with Gasteiger partial charge in [-0.05, 0) is 38.2 Å². The molecule has 0 atom stereocenters. The maximum absolute atomic E-state index is 5.68. The third kappa shape index (κ3) is 4.59. The lowest BCUT2D eigenvalue weighted by atomic mass is 10.2. The summed E-state index contributed by atoms with van der Waals surface area (Å²) >= 11 is 3.59. The van der Waals surface area contributed by atoms with Crippen molar-refractivity contribution in [2.75, 3.05) is 38.6 Å². The van der Waals surface area contributed by atoms with E-state index in [1.165, 1.54) is 5.69 Å². The molecule has 0 unspecified atom stereocenters. The van der Waals surface area contributed by atoms with E-state index >= 15 is 0 Å². The predicted octanol–water partition coefficient (Wildman–Crippen LogP) is 2.69. The number of nitrogens with two attached hydrogens (primary N) is 1. The van der Waals surface area contributed by atoms with Gasteiger partial charge in [0.1, 0.15) is 0 Å². The van der Waals surface area contributed by atoms with Gasteiger partial charge in [-0.15, -0.1) is 0 Å². The van der Waals surface area contributed by atoms with Crippen LogP contribution in [0, 0.1) is 0 Å². The van der Waals surface area contributed by atoms with Crippen LogP contribution in [0.4, 0.5) is 5.69 Å². The molecule has 4 heteroatoms. The zero-order valence-corrected chi connectivity index (χ0v) is 13.2. The van der Waals surface area contributed by atoms with Crippen LogP contribution in [0.1, 0.15) is 18.9 Å². The smallest absolute Gasteiger partial charge is 0.0378 e. The molecular formula is C14H24BrN3. The highest BCUT2D eigenvalue weighted by atomic mass is 79.9. The standard InChI is InChI=1S/C14H24BrN3/c1-4-7-18(9-8-17(2)3)13-6-5-12(11-16)14(15)10-13/h5-6,10H,4,7-9,11,16H2,1-3H3. The quantitative estimate of drug-likeness (QED) is 0.840. The summed E-state index contributed by atoms with van der Waals surface area (Å²) in [4.78, 5) is 4.64. The second-order valence-corrected chi connectivity index (χ2v) is 5.62. The Morgan fingerprint density at radius 1 is 1.17 bits per heavy atom. The van der Waals surface area contributed by atoms with E-state index in [0.717, 1.165) is 36.1 Å². The first-order chi connectivity index (χ1) is 8.58. The summed E-state index contributed by atoms with van der Waals surface area (Å²) in [5.41, 5.74) is 8.11. The summed E-state index contributed by atoms with van der Waals surface area (Å²) in [6.45, 7) is 5.99. The molecule has 0 bridgehead atoms. The van der Waals surface area contributed by atoms with Gasteiger partial charge in [-0.1, -0.05) is 28.9 Å². The third-order valence-electron chi connectivity index (χ3n) is 2.93. The molecule has 0 heterocycles. The number of hydrogen-bond donors (Lipinski definition) is 1. The van der Waals surface area contributed by atoms with Gasteiger partial charge >= 0.3 is 0 Å². The molecule has 1 aromatic carbocycles. The molecule has 1 aromatic rings. The van der Waals surface area contributed by atoms with Crippen LogP contribution in [0.3, 0.4) is 0 Å². The number of benzene rings is 1. The van der Waals surface area contributed by atoms with Crippen molar-refractivity contribution in [3.63, 3.8) is 0 Å². The minimum absolute atomic E-state index is 0.576. The minimum Gasteiger partial charge on any atom is -0.370 e. The number of likely N-dealkylation sites (N-methyl/N-ethyl adjacent to an activating group) is 1. The van der Waals surface area contributed by atoms with Crippen LogP contribution in [-0.2, 0) is 6.54 Å². The molecule has 0 amide bonds. The topological polar surface area (TPSA) is 32.5 Å². The summed E-state index contributed by atoms with van der Waals surface area (Å²) in [5.74, 6) is 0. The first-order valence-electron chi connectivity index (χ1n) is 6.46. The van der Waals surface area contributed by atoms with Crippen LogP contribution >= 0.6 is 15.9 Å². The van der Waals surface area contributed by atoms with Gasteiger partial charge in [-0.25, -0.2) is 0 Å². The number of hydrogen-bond acceptors (Lipinski definition) is 3. The summed E-state index contributed by atoms with van der Waals surface area (Å²) in [5, 5.41) is 0. The van der Waals surface area contributed by atoms with Gasteiger partial charge < -0.3 is 15.5 Å². The van der Waals surface area contributed by atoms with E-state index in [9.17, 15) is 0 Å². The fourth-order valence-corrected chi connectivity index (χ4v) is 2.39. The molecule has 1 rings (SSSR count). The minimum atomic E-state index is 0.576. The lowest BCUT2D eigenvalue weighted by molar-refractivity contribution is 0.413. The SMILES string of the molecule is CCCN(CCN(C)C)c1ccc(CN)c(Br)c1. The van der Waals surface area contributed by atoms with Crippen LogP contribution in [-0.4, -0.2) is 38.6 Å². The average Bonchev–Trinajstić information content (AvgIpc) is 2.34. The Morgan fingerprint density at radius 3 is 2.39 bits per heavy atom. The first-order valence-corrected chi connectivity index (χ1v) is 7.26. The number of halogens is 1. The molecule has 0 saturated carbocycles. The second kappa shape index (κ2) is 7.77. The molecule has 0 aliphatic rings. The lowest BCUT2D eigenvalue weighted by Gasteiger charge is -2.26. The highest BCUT2D eigenvalue weighted by Gasteiger charge is 2.08. The van der Waals surface area contributed by atoms with Gasteiger partial charge in [0, 0.05) is 36.3 Å². The van der Waals surface area contributed by atoms with Crippen molar-refractivity contribution < 1.29 is 0 Å². The highest BCUT2D eigenvalue weighted by Crippen LogP contribution is 2.24. The summed E-state index contributed by atoms with van der Waals surface area (Å²) < 4.78 is 1.11. The largest absolute Gasteiger partial charge is 0.370 e. The van der Waals surface area contributed by atoms with Crippen molar-refractivity contribution in [2.45, 2.75) is 19.9 Å². The van der Waals surface area contributed by atoms with E-state index in [0.29, 0.717) is 6.54 Å². The average molecular weight is 314 g/mol. The Balaban J connectivity index is 2.81. The Labute approximate surface area is 119 Å². The number of anilines is 1. The van der Waals surface area contributed by atoms with E-state index in [1.807, 2.05) is 0 Å². The molecule has 0 saturated heterocycles. The Morgan fingerprint density at radius 2 is 1.89 bits per heavy atom. The first kappa shape index (κ1) is 15.5. The summed E-state index contributed by atoms with van der Waals surface area (Å²) in [6.07, 6.45) is 1.16. The van der Waals surface area contributed by atoms with Crippen LogP contribution < -0.4 is 10.6 Å². The van der Waals surface area contributed by atoms with Crippen molar-refractivity contribution in [1.29, 1.82) is 0 Å². The lowest BCUT2D eigenvalue weighted by Crippen LogP contribution is -2.32. The van der Waals surface area contributed by atoms with E-state index in [2.05, 4.69) is 64.9 Å². The van der Waals surface area contributed by atoms with Crippen LogP contribution in [0.25, 0.3) is 0 Å². The highest BCUT2D eigenvalue weighted by molar-refractivity contribution is 9.10. The van der Waals surface area contributed by atoms with Crippen LogP contribution in [0.2, 0.25) is 0 Å². The predicted molar refractivity (Wildman–Crippen MR) is 83.1 cm³/mol. The summed E-state index contributed by atoms with van der Waals surface area (Å²) in [7, 11) is 4.22. The Hall–Kier alpha value is -0.580. The zero-order valence-electron chi connectivity index (χ0n) is 11.6. The van der Waals surface area contributed by atoms with Gasteiger partial charge in [-0.2, -0.15) is 0 Å². The van der Waals surface area contributed by atoms with Gasteiger partial charge in [-0.3, -0.25) is 0 Å². The van der Waals surface area contributed by atoms with E-state index in [1.54, 1.807) is 0 Å². The molecule has 18 heavy (non-hydrogen) atoms. The molecule has 0 aliphatic carbocycles. The van der Waals surface area contributed by atoms with Crippen molar-refractivity contribution >= 4 is 21.6 Å². The van der Waals surface area contributed by atoms with Crippen molar-refractivity contribution in [1.82, 2.24) is 4.90 Å². The molecule has 0 radical (unpaired) electrons. The van der Waals surface area contributed by atoms with E-state index in [4.69, 9.17) is 5.73 Å². The Bertz CT molecular complexity index is 366. The maximum Gasteiger partial charge on any atom is 0.0378 e. The third-order valence-corrected chi connectivity index (χ3v) is 3.67.